The first-order valence-electron chi connectivity index (χ1n) is 10.7. The number of halogens is 4. The minimum Gasteiger partial charge on any atom is -0.352 e. The van der Waals surface area contributed by atoms with E-state index in [2.05, 4.69) is 15.3 Å². The predicted molar refractivity (Wildman–Crippen MR) is 117 cm³/mol. The molecular formula is C24H24F4N4O. The Balaban J connectivity index is 1.37. The van der Waals surface area contributed by atoms with Crippen LogP contribution < -0.4 is 10.2 Å². The maximum absolute atomic E-state index is 13.6. The van der Waals surface area contributed by atoms with Gasteiger partial charge in [-0.3, -0.25) is 4.79 Å². The van der Waals surface area contributed by atoms with Crippen molar-refractivity contribution in [1.29, 1.82) is 0 Å². The van der Waals surface area contributed by atoms with Crippen LogP contribution >= 0.6 is 0 Å². The van der Waals surface area contributed by atoms with Gasteiger partial charge in [-0.25, -0.2) is 14.4 Å². The lowest BCUT2D eigenvalue weighted by atomic mass is 9.96. The molecule has 0 bridgehead atoms. The summed E-state index contributed by atoms with van der Waals surface area (Å²) in [7, 11) is 0. The van der Waals surface area contributed by atoms with Crippen molar-refractivity contribution in [2.75, 3.05) is 18.0 Å². The number of carbonyl (C=O) groups excluding carboxylic acids is 1. The summed E-state index contributed by atoms with van der Waals surface area (Å²) in [5.74, 6) is -0.883. The Morgan fingerprint density at radius 1 is 1.09 bits per heavy atom. The van der Waals surface area contributed by atoms with Crippen molar-refractivity contribution < 1.29 is 22.4 Å². The first kappa shape index (κ1) is 22.9. The third-order valence-corrected chi connectivity index (χ3v) is 5.93. The number of anilines is 1. The molecule has 5 nitrogen and oxygen atoms in total. The van der Waals surface area contributed by atoms with E-state index in [4.69, 9.17) is 0 Å². The highest BCUT2D eigenvalue weighted by molar-refractivity contribution is 5.82. The molecule has 1 saturated heterocycles. The van der Waals surface area contributed by atoms with Crippen molar-refractivity contribution in [3.63, 3.8) is 0 Å². The van der Waals surface area contributed by atoms with Crippen molar-refractivity contribution in [3.05, 3.63) is 64.6 Å². The number of aromatic nitrogens is 2. The minimum atomic E-state index is -4.64. The van der Waals surface area contributed by atoms with Crippen molar-refractivity contribution in [1.82, 2.24) is 15.3 Å². The highest BCUT2D eigenvalue weighted by Crippen LogP contribution is 2.30. The van der Waals surface area contributed by atoms with Crippen LogP contribution in [0.5, 0.6) is 0 Å². The van der Waals surface area contributed by atoms with Gasteiger partial charge in [-0.05, 0) is 62.1 Å². The van der Waals surface area contributed by atoms with Gasteiger partial charge in [0.1, 0.15) is 5.82 Å². The molecule has 0 unspecified atom stereocenters. The average molecular weight is 460 g/mol. The molecule has 4 rings (SSSR count). The van der Waals surface area contributed by atoms with Crippen LogP contribution in [0.3, 0.4) is 0 Å². The van der Waals surface area contributed by atoms with Crippen LogP contribution in [0.25, 0.3) is 10.9 Å². The molecule has 3 aromatic rings. The lowest BCUT2D eigenvalue weighted by Crippen LogP contribution is -2.41. The van der Waals surface area contributed by atoms with E-state index in [-0.39, 0.29) is 23.9 Å². The molecule has 0 radical (unpaired) electrons. The summed E-state index contributed by atoms with van der Waals surface area (Å²) in [6, 6.07) is 8.35. The molecule has 0 atom stereocenters. The molecule has 1 N–H and O–H groups in total. The van der Waals surface area contributed by atoms with Crippen molar-refractivity contribution in [3.8, 4) is 0 Å². The highest BCUT2D eigenvalue weighted by Gasteiger charge is 2.31. The molecule has 1 aromatic heterocycles. The molecule has 1 amide bonds. The third kappa shape index (κ3) is 5.23. The molecule has 0 saturated carbocycles. The fourth-order valence-electron chi connectivity index (χ4n) is 4.12. The lowest BCUT2D eigenvalue weighted by molar-refractivity contribution is -0.137. The van der Waals surface area contributed by atoms with E-state index in [1.165, 1.54) is 0 Å². The van der Waals surface area contributed by atoms with Gasteiger partial charge in [-0.1, -0.05) is 12.1 Å². The number of rotatable bonds is 4. The van der Waals surface area contributed by atoms with Gasteiger partial charge in [0.15, 0.2) is 0 Å². The van der Waals surface area contributed by atoms with E-state index in [1.54, 1.807) is 0 Å². The number of alkyl halides is 3. The van der Waals surface area contributed by atoms with Crippen molar-refractivity contribution in [2.45, 2.75) is 39.4 Å². The van der Waals surface area contributed by atoms with E-state index in [1.807, 2.05) is 36.9 Å². The Hall–Kier alpha value is -3.23. The van der Waals surface area contributed by atoms with Crippen LogP contribution in [0, 0.1) is 25.6 Å². The van der Waals surface area contributed by atoms with E-state index in [0.29, 0.717) is 37.9 Å². The van der Waals surface area contributed by atoms with Gasteiger partial charge in [0.05, 0.1) is 16.8 Å². The summed E-state index contributed by atoms with van der Waals surface area (Å²) in [5, 5.41) is 3.65. The molecule has 0 aliphatic carbocycles. The third-order valence-electron chi connectivity index (χ3n) is 5.93. The molecule has 9 heteroatoms. The summed E-state index contributed by atoms with van der Waals surface area (Å²) in [6.45, 7) is 4.97. The van der Waals surface area contributed by atoms with Gasteiger partial charge < -0.3 is 10.2 Å². The van der Waals surface area contributed by atoms with Crippen LogP contribution in [-0.2, 0) is 17.5 Å². The van der Waals surface area contributed by atoms with Gasteiger partial charge in [0, 0.05) is 30.9 Å². The first-order valence-corrected chi connectivity index (χ1v) is 10.7. The zero-order valence-corrected chi connectivity index (χ0v) is 18.3. The smallest absolute Gasteiger partial charge is 0.352 e. The van der Waals surface area contributed by atoms with Gasteiger partial charge in [0.25, 0.3) is 0 Å². The second kappa shape index (κ2) is 8.96. The maximum Gasteiger partial charge on any atom is 0.416 e. The molecular weight excluding hydrogens is 436 g/mol. The van der Waals surface area contributed by atoms with Gasteiger partial charge in [0.2, 0.25) is 11.9 Å². The number of hydrogen-bond acceptors (Lipinski definition) is 4. The Labute approximate surface area is 188 Å². The zero-order chi connectivity index (χ0) is 23.8. The van der Waals surface area contributed by atoms with Gasteiger partial charge >= 0.3 is 6.18 Å². The SMILES string of the molecule is Cc1ccc2c(C)nc(N3CCC(C(=O)NCc4cc(F)cc(C(F)(F)F)c4)CC3)nc2c1. The number of fused-ring (bicyclic) bond motifs is 1. The summed E-state index contributed by atoms with van der Waals surface area (Å²) in [5.41, 5.74) is 1.89. The molecule has 2 aromatic carbocycles. The standard InChI is InChI=1S/C24H24F4N4O/c1-14-3-4-20-15(2)30-23(31-21(20)9-14)32-7-5-17(6-8-32)22(33)29-13-16-10-18(24(26,27)28)12-19(25)11-16/h3-4,9-12,17H,5-8,13H2,1-2H3,(H,29,33). The molecule has 33 heavy (non-hydrogen) atoms. The molecule has 174 valence electrons. The fraction of sp³-hybridized carbons (Fsp3) is 0.375. The quantitative estimate of drug-likeness (QED) is 0.561. The second-order valence-corrected chi connectivity index (χ2v) is 8.45. The van der Waals surface area contributed by atoms with Crippen LogP contribution in [0.4, 0.5) is 23.5 Å². The number of piperidine rings is 1. The van der Waals surface area contributed by atoms with Crippen LogP contribution in [0.1, 0.15) is 35.2 Å². The van der Waals surface area contributed by atoms with E-state index in [0.717, 1.165) is 34.3 Å². The number of nitrogens with one attached hydrogen (secondary N) is 1. The Kier molecular flexibility index (Phi) is 6.23. The fourth-order valence-corrected chi connectivity index (χ4v) is 4.12. The van der Waals surface area contributed by atoms with E-state index >= 15 is 0 Å². The lowest BCUT2D eigenvalue weighted by Gasteiger charge is -2.31. The van der Waals surface area contributed by atoms with Crippen LogP contribution in [0.15, 0.2) is 36.4 Å². The summed E-state index contributed by atoms with van der Waals surface area (Å²) in [6.07, 6.45) is -3.51. The predicted octanol–water partition coefficient (Wildman–Crippen LogP) is 4.94. The maximum atomic E-state index is 13.6. The topological polar surface area (TPSA) is 58.1 Å². The van der Waals surface area contributed by atoms with Crippen molar-refractivity contribution >= 4 is 22.8 Å². The highest BCUT2D eigenvalue weighted by atomic mass is 19.4. The normalized spacial score (nSPS) is 15.2. The average Bonchev–Trinajstić information content (AvgIpc) is 2.76. The summed E-state index contributed by atoms with van der Waals surface area (Å²) in [4.78, 5) is 23.9. The largest absolute Gasteiger partial charge is 0.416 e. The molecule has 2 heterocycles. The molecule has 1 fully saturated rings. The number of hydrogen-bond donors (Lipinski definition) is 1. The molecule has 1 aliphatic rings. The number of carbonyl (C=O) groups is 1. The van der Waals surface area contributed by atoms with Crippen LogP contribution in [0.2, 0.25) is 0 Å². The molecule has 0 spiro atoms. The van der Waals surface area contributed by atoms with E-state index < -0.39 is 17.6 Å². The molecule has 1 aliphatic heterocycles. The van der Waals surface area contributed by atoms with Crippen LogP contribution in [-0.4, -0.2) is 29.0 Å². The Bertz CT molecular complexity index is 1190. The number of amides is 1. The minimum absolute atomic E-state index is 0.0726. The number of nitrogens with zero attached hydrogens (tertiary/aromatic N) is 3. The van der Waals surface area contributed by atoms with Gasteiger partial charge in [-0.2, -0.15) is 13.2 Å². The summed E-state index contributed by atoms with van der Waals surface area (Å²) < 4.78 is 52.2. The number of aryl methyl sites for hydroxylation is 2. The van der Waals surface area contributed by atoms with Gasteiger partial charge in [-0.15, -0.1) is 0 Å². The number of benzene rings is 2. The van der Waals surface area contributed by atoms with E-state index in [9.17, 15) is 22.4 Å². The Morgan fingerprint density at radius 3 is 2.52 bits per heavy atom. The summed E-state index contributed by atoms with van der Waals surface area (Å²) >= 11 is 0. The first-order chi connectivity index (χ1) is 15.6. The second-order valence-electron chi connectivity index (χ2n) is 8.45. The van der Waals surface area contributed by atoms with Crippen molar-refractivity contribution in [2.24, 2.45) is 5.92 Å². The Morgan fingerprint density at radius 2 is 1.82 bits per heavy atom. The zero-order valence-electron chi connectivity index (χ0n) is 18.3. The monoisotopic (exact) mass is 460 g/mol.